The van der Waals surface area contributed by atoms with Crippen molar-refractivity contribution in [3.05, 3.63) is 16.1 Å². The van der Waals surface area contributed by atoms with E-state index >= 15 is 0 Å². The first-order valence-corrected chi connectivity index (χ1v) is 6.77. The lowest BCUT2D eigenvalue weighted by Crippen LogP contribution is -2.30. The average Bonchev–Trinajstić information content (AvgIpc) is 2.80. The molecule has 4 heteroatoms. The number of thiazole rings is 1. The molecule has 0 amide bonds. The predicted octanol–water partition coefficient (Wildman–Crippen LogP) is 2.67. The van der Waals surface area contributed by atoms with Gasteiger partial charge in [0.1, 0.15) is 10.6 Å². The Balaban J connectivity index is 2.18. The van der Waals surface area contributed by atoms with Gasteiger partial charge in [0.15, 0.2) is 0 Å². The molecular weight excluding hydrogens is 220 g/mol. The van der Waals surface area contributed by atoms with Gasteiger partial charge >= 0.3 is 0 Å². The summed E-state index contributed by atoms with van der Waals surface area (Å²) >= 11 is 1.79. The van der Waals surface area contributed by atoms with Gasteiger partial charge < -0.3 is 10.1 Å². The van der Waals surface area contributed by atoms with Gasteiger partial charge in [0.2, 0.25) is 0 Å². The fourth-order valence-corrected chi connectivity index (χ4v) is 3.55. The molecular formula is C12H20N2OS. The number of nitrogens with zero attached hydrogens (tertiary/aromatic N) is 1. The summed E-state index contributed by atoms with van der Waals surface area (Å²) in [6, 6.07) is 0. The number of nitrogens with one attached hydrogen (secondary N) is 1. The van der Waals surface area contributed by atoms with E-state index in [1.165, 1.54) is 29.1 Å². The third-order valence-corrected chi connectivity index (χ3v) is 4.53. The van der Waals surface area contributed by atoms with Crippen molar-refractivity contribution in [2.75, 3.05) is 14.2 Å². The second kappa shape index (κ2) is 5.25. The molecule has 2 rings (SSSR count). The molecule has 1 aromatic rings. The van der Waals surface area contributed by atoms with Gasteiger partial charge in [0.25, 0.3) is 0 Å². The van der Waals surface area contributed by atoms with Crippen LogP contribution in [-0.4, -0.2) is 19.1 Å². The highest BCUT2D eigenvalue weighted by Crippen LogP contribution is 2.41. The maximum absolute atomic E-state index is 5.78. The van der Waals surface area contributed by atoms with Gasteiger partial charge in [0.05, 0.1) is 0 Å². The normalized spacial score (nSPS) is 19.9. The van der Waals surface area contributed by atoms with Gasteiger partial charge in [-0.15, -0.1) is 11.3 Å². The molecule has 1 heterocycles. The van der Waals surface area contributed by atoms with E-state index in [1.807, 2.05) is 20.4 Å². The Hall–Kier alpha value is -0.450. The molecule has 1 aromatic heterocycles. The number of aromatic nitrogens is 1. The van der Waals surface area contributed by atoms with Crippen LogP contribution in [0.3, 0.4) is 0 Å². The molecule has 1 N–H and O–H groups in total. The zero-order valence-electron chi connectivity index (χ0n) is 10.1. The third-order valence-electron chi connectivity index (χ3n) is 3.35. The summed E-state index contributed by atoms with van der Waals surface area (Å²) in [5.74, 6) is 0. The number of hydrogen-bond donors (Lipinski definition) is 1. The van der Waals surface area contributed by atoms with E-state index in [9.17, 15) is 0 Å². The number of rotatable bonds is 4. The summed E-state index contributed by atoms with van der Waals surface area (Å²) in [6.07, 6.45) is 8.07. The minimum Gasteiger partial charge on any atom is -0.371 e. The second-order valence-corrected chi connectivity index (χ2v) is 5.54. The van der Waals surface area contributed by atoms with Crippen molar-refractivity contribution >= 4 is 11.3 Å². The summed E-state index contributed by atoms with van der Waals surface area (Å²) in [5, 5.41) is 4.33. The van der Waals surface area contributed by atoms with Gasteiger partial charge in [-0.2, -0.15) is 0 Å². The Labute approximate surface area is 101 Å². The smallest absolute Gasteiger partial charge is 0.125 e. The molecule has 90 valence electrons. The van der Waals surface area contributed by atoms with E-state index in [0.717, 1.165) is 19.4 Å². The first kappa shape index (κ1) is 12.0. The first-order valence-electron chi connectivity index (χ1n) is 5.96. The summed E-state index contributed by atoms with van der Waals surface area (Å²) in [7, 11) is 3.79. The Morgan fingerprint density at radius 1 is 1.44 bits per heavy atom. The van der Waals surface area contributed by atoms with Crippen LogP contribution in [0.25, 0.3) is 0 Å². The molecule has 0 aromatic carbocycles. The zero-order chi connectivity index (χ0) is 11.4. The Morgan fingerprint density at radius 2 is 2.19 bits per heavy atom. The maximum Gasteiger partial charge on any atom is 0.125 e. The van der Waals surface area contributed by atoms with Crippen LogP contribution < -0.4 is 5.32 Å². The molecule has 3 nitrogen and oxygen atoms in total. The van der Waals surface area contributed by atoms with Gasteiger partial charge in [-0.05, 0) is 19.9 Å². The molecule has 0 spiro atoms. The van der Waals surface area contributed by atoms with E-state index in [1.54, 1.807) is 11.3 Å². The predicted molar refractivity (Wildman–Crippen MR) is 66.6 cm³/mol. The molecule has 1 saturated carbocycles. The van der Waals surface area contributed by atoms with Gasteiger partial charge in [-0.1, -0.05) is 19.3 Å². The monoisotopic (exact) mass is 240 g/mol. The Bertz CT molecular complexity index is 332. The van der Waals surface area contributed by atoms with Crippen LogP contribution in [0.1, 0.15) is 42.0 Å². The highest BCUT2D eigenvalue weighted by atomic mass is 32.1. The van der Waals surface area contributed by atoms with Crippen molar-refractivity contribution < 1.29 is 4.74 Å². The second-order valence-electron chi connectivity index (χ2n) is 4.42. The Kier molecular flexibility index (Phi) is 3.95. The molecule has 0 atom stereocenters. The molecule has 0 aliphatic heterocycles. The minimum absolute atomic E-state index is 0.0884. The average molecular weight is 240 g/mol. The third kappa shape index (κ3) is 2.29. The van der Waals surface area contributed by atoms with Crippen LogP contribution in [0.15, 0.2) is 6.20 Å². The molecule has 1 aliphatic carbocycles. The van der Waals surface area contributed by atoms with Crippen LogP contribution in [0, 0.1) is 0 Å². The summed E-state index contributed by atoms with van der Waals surface area (Å²) in [4.78, 5) is 5.85. The van der Waals surface area contributed by atoms with Crippen molar-refractivity contribution in [3.8, 4) is 0 Å². The van der Waals surface area contributed by atoms with Crippen molar-refractivity contribution in [2.45, 2.75) is 44.2 Å². The lowest BCUT2D eigenvalue weighted by molar-refractivity contribution is -0.0446. The van der Waals surface area contributed by atoms with E-state index in [0.29, 0.717) is 0 Å². The summed E-state index contributed by atoms with van der Waals surface area (Å²) in [6.45, 7) is 0.900. The fourth-order valence-electron chi connectivity index (χ4n) is 2.40. The van der Waals surface area contributed by atoms with Gasteiger partial charge in [-0.25, -0.2) is 4.98 Å². The van der Waals surface area contributed by atoms with Gasteiger partial charge in [-0.3, -0.25) is 0 Å². The van der Waals surface area contributed by atoms with Crippen molar-refractivity contribution in [1.82, 2.24) is 10.3 Å². The van der Waals surface area contributed by atoms with E-state index in [-0.39, 0.29) is 5.60 Å². The van der Waals surface area contributed by atoms with Crippen LogP contribution in [-0.2, 0) is 16.9 Å². The highest BCUT2D eigenvalue weighted by molar-refractivity contribution is 7.11. The quantitative estimate of drug-likeness (QED) is 0.878. The van der Waals surface area contributed by atoms with E-state index in [4.69, 9.17) is 4.74 Å². The van der Waals surface area contributed by atoms with Crippen LogP contribution in [0.4, 0.5) is 0 Å². The Morgan fingerprint density at radius 3 is 2.81 bits per heavy atom. The van der Waals surface area contributed by atoms with E-state index < -0.39 is 0 Å². The molecule has 0 unspecified atom stereocenters. The minimum atomic E-state index is -0.0884. The standard InChI is InChI=1S/C12H20N2OS/c1-13-8-10-9-14-11(16-10)12(15-2)6-4-3-5-7-12/h9,13H,3-8H2,1-2H3. The molecule has 0 saturated heterocycles. The number of ether oxygens (including phenoxy) is 1. The van der Waals surface area contributed by atoms with Crippen molar-refractivity contribution in [3.63, 3.8) is 0 Å². The first-order chi connectivity index (χ1) is 7.80. The fraction of sp³-hybridized carbons (Fsp3) is 0.750. The van der Waals surface area contributed by atoms with Crippen LogP contribution in [0.2, 0.25) is 0 Å². The van der Waals surface area contributed by atoms with Crippen molar-refractivity contribution in [2.24, 2.45) is 0 Å². The van der Waals surface area contributed by atoms with E-state index in [2.05, 4.69) is 10.3 Å². The van der Waals surface area contributed by atoms with Crippen molar-refractivity contribution in [1.29, 1.82) is 0 Å². The number of methoxy groups -OCH3 is 1. The molecule has 1 aliphatic rings. The lowest BCUT2D eigenvalue weighted by Gasteiger charge is -2.34. The van der Waals surface area contributed by atoms with Crippen LogP contribution in [0.5, 0.6) is 0 Å². The maximum atomic E-state index is 5.78. The molecule has 1 fully saturated rings. The zero-order valence-corrected chi connectivity index (χ0v) is 10.9. The lowest BCUT2D eigenvalue weighted by atomic mass is 9.85. The largest absolute Gasteiger partial charge is 0.371 e. The molecule has 16 heavy (non-hydrogen) atoms. The molecule has 0 bridgehead atoms. The summed E-state index contributed by atoms with van der Waals surface area (Å²) < 4.78 is 5.78. The highest BCUT2D eigenvalue weighted by Gasteiger charge is 2.36. The topological polar surface area (TPSA) is 34.2 Å². The van der Waals surface area contributed by atoms with Crippen LogP contribution >= 0.6 is 11.3 Å². The van der Waals surface area contributed by atoms with Gasteiger partial charge in [0, 0.05) is 24.7 Å². The SMILES string of the molecule is CNCc1cnc(C2(OC)CCCCC2)s1. The number of hydrogen-bond acceptors (Lipinski definition) is 4. The molecule has 0 radical (unpaired) electrons. The summed E-state index contributed by atoms with van der Waals surface area (Å²) in [5.41, 5.74) is -0.0884.